The van der Waals surface area contributed by atoms with Crippen LogP contribution in [0.3, 0.4) is 0 Å². The molecule has 3 atom stereocenters. The minimum atomic E-state index is -1.02. The molecule has 1 aromatic carbocycles. The first-order valence-electron chi connectivity index (χ1n) is 11.9. The number of benzene rings is 1. The maximum atomic E-state index is 12.5. The van der Waals surface area contributed by atoms with Gasteiger partial charge in [0.1, 0.15) is 18.2 Å². The first-order chi connectivity index (χ1) is 16.2. The van der Waals surface area contributed by atoms with Gasteiger partial charge in [0, 0.05) is 6.42 Å². The minimum Gasteiger partial charge on any atom is -0.459 e. The van der Waals surface area contributed by atoms with Gasteiger partial charge < -0.3 is 24.7 Å². The van der Waals surface area contributed by atoms with Gasteiger partial charge in [-0.05, 0) is 43.9 Å². The van der Waals surface area contributed by atoms with Crippen LogP contribution in [0.5, 0.6) is 11.5 Å². The summed E-state index contributed by atoms with van der Waals surface area (Å²) >= 11 is 0. The number of carbonyl (C=O) groups excluding carboxylic acids is 4. The topological polar surface area (TPSA) is 131 Å². The average Bonchev–Trinajstić information content (AvgIpc) is 2.74. The van der Waals surface area contributed by atoms with Crippen LogP contribution < -0.4 is 15.2 Å². The van der Waals surface area contributed by atoms with Gasteiger partial charge in [0.15, 0.2) is 11.5 Å². The van der Waals surface area contributed by atoms with Gasteiger partial charge in [-0.15, -0.1) is 0 Å². The molecule has 9 nitrogen and oxygen atoms in total. The van der Waals surface area contributed by atoms with E-state index >= 15 is 0 Å². The number of esters is 4. The highest BCUT2D eigenvalue weighted by Crippen LogP contribution is 2.30. The highest BCUT2D eigenvalue weighted by atomic mass is 16.6. The Hall–Kier alpha value is -2.94. The van der Waals surface area contributed by atoms with Crippen molar-refractivity contribution in [2.24, 2.45) is 23.5 Å². The molecule has 0 aliphatic rings. The van der Waals surface area contributed by atoms with Gasteiger partial charge in [0.25, 0.3) is 0 Å². The van der Waals surface area contributed by atoms with Crippen LogP contribution in [0.25, 0.3) is 0 Å². The van der Waals surface area contributed by atoms with Crippen LogP contribution in [0.1, 0.15) is 67.4 Å². The fourth-order valence-corrected chi connectivity index (χ4v) is 2.68. The number of carbonyl (C=O) groups is 4. The lowest BCUT2D eigenvalue weighted by molar-refractivity contribution is -0.166. The van der Waals surface area contributed by atoms with Crippen molar-refractivity contribution in [3.8, 4) is 11.5 Å². The predicted molar refractivity (Wildman–Crippen MR) is 130 cm³/mol. The van der Waals surface area contributed by atoms with E-state index in [0.717, 1.165) is 0 Å². The highest BCUT2D eigenvalue weighted by molar-refractivity contribution is 5.78. The predicted octanol–water partition coefficient (Wildman–Crippen LogP) is 3.59. The Morgan fingerprint density at radius 1 is 0.743 bits per heavy atom. The summed E-state index contributed by atoms with van der Waals surface area (Å²) in [7, 11) is 0. The molecule has 196 valence electrons. The quantitative estimate of drug-likeness (QED) is 0.343. The molecule has 0 spiro atoms. The van der Waals surface area contributed by atoms with Crippen LogP contribution in [0.4, 0.5) is 0 Å². The molecule has 9 heteroatoms. The van der Waals surface area contributed by atoms with Gasteiger partial charge in [-0.3, -0.25) is 19.2 Å². The van der Waals surface area contributed by atoms with Crippen molar-refractivity contribution in [2.45, 2.75) is 86.5 Å². The van der Waals surface area contributed by atoms with Crippen molar-refractivity contribution in [1.29, 1.82) is 0 Å². The fourth-order valence-electron chi connectivity index (χ4n) is 2.68. The molecule has 0 radical (unpaired) electrons. The van der Waals surface area contributed by atoms with Gasteiger partial charge in [-0.25, -0.2) is 0 Å². The molecule has 0 fully saturated rings. The molecular weight excluding hydrogens is 454 g/mol. The molecule has 2 N–H and O–H groups in total. The summed E-state index contributed by atoms with van der Waals surface area (Å²) in [6.07, 6.45) is -0.964. The Morgan fingerprint density at radius 3 is 1.77 bits per heavy atom. The summed E-state index contributed by atoms with van der Waals surface area (Å²) in [6, 6.07) is 3.61. The summed E-state index contributed by atoms with van der Waals surface area (Å²) in [6.45, 7) is 13.8. The van der Waals surface area contributed by atoms with Crippen molar-refractivity contribution >= 4 is 23.9 Å². The Bertz CT molecular complexity index is 893. The molecular formula is C26H39NO8. The lowest BCUT2D eigenvalue weighted by Crippen LogP contribution is -2.39. The molecule has 1 aromatic rings. The van der Waals surface area contributed by atoms with Crippen molar-refractivity contribution in [1.82, 2.24) is 0 Å². The van der Waals surface area contributed by atoms with Gasteiger partial charge in [0.05, 0.1) is 11.8 Å². The van der Waals surface area contributed by atoms with Crippen molar-refractivity contribution in [3.05, 3.63) is 23.8 Å². The van der Waals surface area contributed by atoms with Crippen LogP contribution in [0, 0.1) is 17.8 Å². The van der Waals surface area contributed by atoms with E-state index in [0.29, 0.717) is 5.56 Å². The minimum absolute atomic E-state index is 0.0647. The molecule has 0 bridgehead atoms. The monoisotopic (exact) mass is 493 g/mol. The Kier molecular flexibility index (Phi) is 11.9. The Balaban J connectivity index is 2.89. The molecule has 0 saturated carbocycles. The third-order valence-electron chi connectivity index (χ3n) is 4.99. The van der Waals surface area contributed by atoms with Gasteiger partial charge in [-0.1, -0.05) is 47.6 Å². The largest absolute Gasteiger partial charge is 0.459 e. The van der Waals surface area contributed by atoms with Crippen molar-refractivity contribution < 1.29 is 38.1 Å². The number of hydrogen-bond donors (Lipinski definition) is 1. The second-order valence-electron chi connectivity index (χ2n) is 9.68. The van der Waals surface area contributed by atoms with E-state index in [1.165, 1.54) is 12.1 Å². The van der Waals surface area contributed by atoms with Crippen LogP contribution in [0.15, 0.2) is 18.2 Å². The second kappa shape index (κ2) is 13.8. The summed E-state index contributed by atoms with van der Waals surface area (Å²) < 4.78 is 21.5. The number of hydrogen-bond acceptors (Lipinski definition) is 9. The molecule has 35 heavy (non-hydrogen) atoms. The lowest BCUT2D eigenvalue weighted by Gasteiger charge is -2.23. The number of ether oxygens (including phenoxy) is 4. The van der Waals surface area contributed by atoms with Gasteiger partial charge >= 0.3 is 23.9 Å². The molecule has 0 amide bonds. The van der Waals surface area contributed by atoms with E-state index < -0.39 is 42.1 Å². The number of rotatable bonds is 12. The first-order valence-corrected chi connectivity index (χ1v) is 11.9. The van der Waals surface area contributed by atoms with Gasteiger partial charge in [-0.2, -0.15) is 0 Å². The zero-order chi connectivity index (χ0) is 26.9. The van der Waals surface area contributed by atoms with Crippen LogP contribution in [0.2, 0.25) is 0 Å². The third kappa shape index (κ3) is 10.5. The van der Waals surface area contributed by atoms with E-state index in [1.54, 1.807) is 47.6 Å². The molecule has 0 aromatic heterocycles. The number of nitrogens with two attached hydrogens (primary N) is 1. The Labute approximate surface area is 207 Å². The SMILES string of the molecule is CC(C)CC(=O)OC(C)[C@H](C)OC(=O)[C@@H](N)Cc1ccc(OC(=O)C(C)C)c(OC(=O)C(C)C)c1. The van der Waals surface area contributed by atoms with E-state index in [2.05, 4.69) is 0 Å². The van der Waals surface area contributed by atoms with Crippen LogP contribution in [-0.4, -0.2) is 42.1 Å². The summed E-state index contributed by atoms with van der Waals surface area (Å²) in [5.41, 5.74) is 6.63. The Morgan fingerprint density at radius 2 is 1.26 bits per heavy atom. The van der Waals surface area contributed by atoms with E-state index in [9.17, 15) is 19.2 Å². The second-order valence-corrected chi connectivity index (χ2v) is 9.68. The third-order valence-corrected chi connectivity index (χ3v) is 4.99. The summed E-state index contributed by atoms with van der Waals surface area (Å²) in [4.78, 5) is 48.6. The maximum Gasteiger partial charge on any atom is 0.323 e. The fraction of sp³-hybridized carbons (Fsp3) is 0.615. The normalized spacial score (nSPS) is 13.8. The lowest BCUT2D eigenvalue weighted by atomic mass is 10.1. The highest BCUT2D eigenvalue weighted by Gasteiger charge is 2.25. The summed E-state index contributed by atoms with van der Waals surface area (Å²) in [5.74, 6) is -2.45. The zero-order valence-electron chi connectivity index (χ0n) is 22.0. The van der Waals surface area contributed by atoms with Crippen LogP contribution in [-0.2, 0) is 35.1 Å². The standard InChI is InChI=1S/C26H39NO8/c1-14(2)11-23(28)32-17(7)18(8)33-26(31)20(27)12-19-9-10-21(34-24(29)15(3)4)22(13-19)35-25(30)16(5)6/h9-10,13-18,20H,11-12,27H2,1-8H3/t17?,18-,20-/m0/s1. The first kappa shape index (κ1) is 30.1. The van der Waals surface area contributed by atoms with E-state index in [1.807, 2.05) is 13.8 Å². The molecule has 1 rings (SSSR count). The molecule has 1 unspecified atom stereocenters. The summed E-state index contributed by atoms with van der Waals surface area (Å²) in [5, 5.41) is 0. The van der Waals surface area contributed by atoms with E-state index in [-0.39, 0.29) is 42.1 Å². The molecule has 0 aliphatic heterocycles. The molecule has 0 heterocycles. The van der Waals surface area contributed by atoms with Crippen molar-refractivity contribution in [2.75, 3.05) is 0 Å². The van der Waals surface area contributed by atoms with Gasteiger partial charge in [0.2, 0.25) is 0 Å². The zero-order valence-corrected chi connectivity index (χ0v) is 22.0. The molecule has 0 aliphatic carbocycles. The maximum absolute atomic E-state index is 12.5. The van der Waals surface area contributed by atoms with Crippen LogP contribution >= 0.6 is 0 Å². The molecule has 0 saturated heterocycles. The van der Waals surface area contributed by atoms with Crippen molar-refractivity contribution in [3.63, 3.8) is 0 Å². The average molecular weight is 494 g/mol. The van der Waals surface area contributed by atoms with E-state index in [4.69, 9.17) is 24.7 Å². The smallest absolute Gasteiger partial charge is 0.323 e.